The van der Waals surface area contributed by atoms with Crippen LogP contribution in [0.1, 0.15) is 17.0 Å². The molecule has 0 aliphatic carbocycles. The van der Waals surface area contributed by atoms with Gasteiger partial charge in [0.1, 0.15) is 17.1 Å². The molecule has 0 radical (unpaired) electrons. The molecular formula is C28H24N2O8. The predicted octanol–water partition coefficient (Wildman–Crippen LogP) is 3.21. The van der Waals surface area contributed by atoms with Gasteiger partial charge in [0, 0.05) is 5.69 Å². The van der Waals surface area contributed by atoms with E-state index in [4.69, 9.17) is 29.1 Å². The van der Waals surface area contributed by atoms with Gasteiger partial charge in [-0.1, -0.05) is 18.2 Å². The minimum Gasteiger partial charge on any atom is -0.497 e. The van der Waals surface area contributed by atoms with Crippen LogP contribution in [0.5, 0.6) is 23.0 Å². The smallest absolute Gasteiger partial charge is 0.344 e. The molecule has 38 heavy (non-hydrogen) atoms. The van der Waals surface area contributed by atoms with Crippen molar-refractivity contribution in [2.75, 3.05) is 26.1 Å². The average molecular weight is 517 g/mol. The number of amides is 2. The average Bonchev–Trinajstić information content (AvgIpc) is 3.34. The Morgan fingerprint density at radius 2 is 1.74 bits per heavy atom. The molecule has 2 heterocycles. The number of methoxy groups -OCH3 is 2. The van der Waals surface area contributed by atoms with Crippen LogP contribution in [0, 0.1) is 0 Å². The lowest BCUT2D eigenvalue weighted by Gasteiger charge is -2.20. The van der Waals surface area contributed by atoms with E-state index < -0.39 is 29.5 Å². The Balaban J connectivity index is 1.59. The lowest BCUT2D eigenvalue weighted by Crippen LogP contribution is -2.35. The number of nitrogens with one attached hydrogen (secondary N) is 1. The van der Waals surface area contributed by atoms with E-state index in [-0.39, 0.29) is 29.4 Å². The molecule has 0 saturated carbocycles. The molecule has 0 spiro atoms. The van der Waals surface area contributed by atoms with Crippen LogP contribution >= 0.6 is 0 Å². The number of ether oxygens (including phenoxy) is 4. The third kappa shape index (κ3) is 4.59. The molecule has 3 aromatic carbocycles. The van der Waals surface area contributed by atoms with Crippen LogP contribution in [-0.4, -0.2) is 38.7 Å². The number of hydrogen-bond acceptors (Lipinski definition) is 8. The number of para-hydroxylation sites is 1. The molecule has 3 N–H and O–H groups in total. The van der Waals surface area contributed by atoms with Crippen LogP contribution < -0.4 is 35.6 Å². The van der Waals surface area contributed by atoms with Gasteiger partial charge in [-0.05, 0) is 54.1 Å². The van der Waals surface area contributed by atoms with Crippen molar-refractivity contribution in [3.8, 4) is 23.0 Å². The standard InChI is InChI=1S/C28H24N2O8/c1-34-17-10-8-16(9-11-17)30-27(32)26-23(15-7-12-20(21(13-15)35-2)36-14-22(29)31)24-25(38-26)18-5-3-4-6-19(18)37-28(24)33/h3-13,23,26H,14H2,1-2H3,(H2,29,31)(H,30,32)/t23-,26+/m0/s1. The van der Waals surface area contributed by atoms with Crippen LogP contribution in [0.3, 0.4) is 0 Å². The molecule has 0 fully saturated rings. The van der Waals surface area contributed by atoms with Crippen molar-refractivity contribution in [3.05, 3.63) is 88.3 Å². The fourth-order valence-corrected chi connectivity index (χ4v) is 4.46. The Morgan fingerprint density at radius 1 is 0.974 bits per heavy atom. The molecule has 10 heteroatoms. The van der Waals surface area contributed by atoms with E-state index in [0.717, 1.165) is 0 Å². The summed E-state index contributed by atoms with van der Waals surface area (Å²) in [4.78, 5) is 37.9. The number of rotatable bonds is 8. The van der Waals surface area contributed by atoms with Crippen molar-refractivity contribution >= 4 is 28.5 Å². The molecule has 194 valence electrons. The van der Waals surface area contributed by atoms with E-state index in [1.807, 2.05) is 0 Å². The summed E-state index contributed by atoms with van der Waals surface area (Å²) in [7, 11) is 2.99. The Morgan fingerprint density at radius 3 is 2.45 bits per heavy atom. The second kappa shape index (κ2) is 10.2. The van der Waals surface area contributed by atoms with E-state index in [2.05, 4.69) is 5.32 Å². The van der Waals surface area contributed by atoms with Gasteiger partial charge in [0.2, 0.25) is 0 Å². The van der Waals surface area contributed by atoms with Crippen molar-refractivity contribution in [1.29, 1.82) is 0 Å². The van der Waals surface area contributed by atoms with E-state index in [9.17, 15) is 14.4 Å². The molecule has 0 unspecified atom stereocenters. The van der Waals surface area contributed by atoms with Crippen LogP contribution in [-0.2, 0) is 9.59 Å². The first-order valence-corrected chi connectivity index (χ1v) is 11.7. The maximum absolute atomic E-state index is 13.6. The first-order valence-electron chi connectivity index (χ1n) is 11.7. The molecule has 2 atom stereocenters. The Labute approximate surface area is 216 Å². The monoisotopic (exact) mass is 516 g/mol. The number of fused-ring (bicyclic) bond motifs is 3. The Bertz CT molecular complexity index is 1580. The fourth-order valence-electron chi connectivity index (χ4n) is 4.46. The van der Waals surface area contributed by atoms with Crippen LogP contribution in [0.15, 0.2) is 75.9 Å². The number of primary amides is 1. The molecule has 0 bridgehead atoms. The van der Waals surface area contributed by atoms with Crippen molar-refractivity contribution < 1.29 is 33.0 Å². The number of carbonyl (C=O) groups is 2. The summed E-state index contributed by atoms with van der Waals surface area (Å²) in [5.74, 6) is -0.453. The van der Waals surface area contributed by atoms with E-state index in [1.54, 1.807) is 73.8 Å². The molecule has 4 aromatic rings. The van der Waals surface area contributed by atoms with Gasteiger partial charge in [0.25, 0.3) is 11.8 Å². The minimum absolute atomic E-state index is 0.214. The summed E-state index contributed by atoms with van der Waals surface area (Å²) in [6.45, 7) is -0.340. The summed E-state index contributed by atoms with van der Waals surface area (Å²) in [6.07, 6.45) is -1.11. The highest BCUT2D eigenvalue weighted by molar-refractivity contribution is 5.97. The van der Waals surface area contributed by atoms with Gasteiger partial charge in [-0.3, -0.25) is 9.59 Å². The number of benzene rings is 3. The third-order valence-electron chi connectivity index (χ3n) is 6.19. The summed E-state index contributed by atoms with van der Waals surface area (Å²) in [5.41, 5.74) is 6.21. The maximum Gasteiger partial charge on any atom is 0.344 e. The summed E-state index contributed by atoms with van der Waals surface area (Å²) >= 11 is 0. The Hall–Kier alpha value is -4.99. The quantitative estimate of drug-likeness (QED) is 0.341. The molecule has 1 aliphatic heterocycles. The van der Waals surface area contributed by atoms with Crippen molar-refractivity contribution in [2.45, 2.75) is 12.0 Å². The second-order valence-electron chi connectivity index (χ2n) is 8.53. The zero-order valence-corrected chi connectivity index (χ0v) is 20.6. The van der Waals surface area contributed by atoms with Crippen molar-refractivity contribution in [1.82, 2.24) is 0 Å². The van der Waals surface area contributed by atoms with Gasteiger partial charge in [0.05, 0.1) is 31.1 Å². The van der Waals surface area contributed by atoms with Gasteiger partial charge in [0.15, 0.2) is 24.2 Å². The van der Waals surface area contributed by atoms with Gasteiger partial charge in [-0.25, -0.2) is 4.79 Å². The van der Waals surface area contributed by atoms with E-state index >= 15 is 0 Å². The zero-order chi connectivity index (χ0) is 26.8. The van der Waals surface area contributed by atoms with Crippen LogP contribution in [0.2, 0.25) is 0 Å². The minimum atomic E-state index is -1.11. The van der Waals surface area contributed by atoms with Gasteiger partial charge in [-0.15, -0.1) is 0 Å². The molecular weight excluding hydrogens is 492 g/mol. The molecule has 2 amide bonds. The van der Waals surface area contributed by atoms with Gasteiger partial charge in [-0.2, -0.15) is 0 Å². The SMILES string of the molecule is COc1ccc(NC(=O)[C@@H]2Oc3c(c(=O)oc4ccccc34)[C@@H]2c2ccc(OCC(N)=O)c(OC)c2)cc1. The number of nitrogens with two attached hydrogens (primary N) is 1. The number of carbonyl (C=O) groups excluding carboxylic acids is 2. The highest BCUT2D eigenvalue weighted by atomic mass is 16.5. The highest BCUT2D eigenvalue weighted by Crippen LogP contribution is 2.46. The molecule has 10 nitrogen and oxygen atoms in total. The number of hydrogen-bond donors (Lipinski definition) is 2. The Kier molecular flexibility index (Phi) is 6.61. The normalized spacial score (nSPS) is 15.8. The van der Waals surface area contributed by atoms with Crippen molar-refractivity contribution in [3.63, 3.8) is 0 Å². The van der Waals surface area contributed by atoms with Gasteiger partial charge >= 0.3 is 5.63 Å². The van der Waals surface area contributed by atoms with Crippen molar-refractivity contribution in [2.24, 2.45) is 5.73 Å². The first kappa shape index (κ1) is 24.7. The first-order chi connectivity index (χ1) is 18.4. The lowest BCUT2D eigenvalue weighted by atomic mass is 9.88. The van der Waals surface area contributed by atoms with Gasteiger partial charge < -0.3 is 34.4 Å². The van der Waals surface area contributed by atoms with E-state index in [0.29, 0.717) is 28.0 Å². The zero-order valence-electron chi connectivity index (χ0n) is 20.6. The summed E-state index contributed by atoms with van der Waals surface area (Å²) in [6, 6.07) is 18.7. The largest absolute Gasteiger partial charge is 0.497 e. The lowest BCUT2D eigenvalue weighted by molar-refractivity contribution is -0.122. The maximum atomic E-state index is 13.6. The predicted molar refractivity (Wildman–Crippen MR) is 138 cm³/mol. The van der Waals surface area contributed by atoms with Crippen LogP contribution in [0.4, 0.5) is 5.69 Å². The van der Waals surface area contributed by atoms with Crippen LogP contribution in [0.25, 0.3) is 11.0 Å². The summed E-state index contributed by atoms with van der Waals surface area (Å²) in [5, 5.41) is 3.42. The molecule has 0 saturated heterocycles. The number of anilines is 1. The summed E-state index contributed by atoms with van der Waals surface area (Å²) < 4.78 is 27.8. The highest BCUT2D eigenvalue weighted by Gasteiger charge is 2.44. The molecule has 1 aromatic heterocycles. The second-order valence-corrected chi connectivity index (χ2v) is 8.53. The van der Waals surface area contributed by atoms with E-state index in [1.165, 1.54) is 7.11 Å². The molecule has 1 aliphatic rings. The third-order valence-corrected chi connectivity index (χ3v) is 6.19. The molecule has 5 rings (SSSR count). The topological polar surface area (TPSA) is 139 Å². The fraction of sp³-hybridized carbons (Fsp3) is 0.179.